The summed E-state index contributed by atoms with van der Waals surface area (Å²) in [5.74, 6) is -1.05. The van der Waals surface area contributed by atoms with E-state index in [4.69, 9.17) is 0 Å². The van der Waals surface area contributed by atoms with Crippen LogP contribution < -0.4 is 16.2 Å². The molecule has 0 fully saturated rings. The van der Waals surface area contributed by atoms with Crippen LogP contribution in [-0.4, -0.2) is 36.9 Å². The quantitative estimate of drug-likeness (QED) is 0.171. The number of amides is 1. The maximum atomic E-state index is 13.2. The van der Waals surface area contributed by atoms with Gasteiger partial charge in [0.05, 0.1) is 17.2 Å². The molecule has 2 heterocycles. The Kier molecular flexibility index (Phi) is 7.59. The first-order valence-electron chi connectivity index (χ1n) is 11.0. The minimum absolute atomic E-state index is 0.0649. The Morgan fingerprint density at radius 3 is 2.26 bits per heavy atom. The number of anilines is 2. The highest BCUT2D eigenvalue weighted by atomic mass is 16.6. The third kappa shape index (κ3) is 5.96. The molecule has 2 aromatic carbocycles. The molecule has 0 spiro atoms. The van der Waals surface area contributed by atoms with Gasteiger partial charge in [-0.15, -0.1) is 0 Å². The number of carbonyl (C=O) groups is 1. The minimum atomic E-state index is -0.619. The first kappa shape index (κ1) is 23.4. The number of hydrogen-bond donors (Lipinski definition) is 3. The van der Waals surface area contributed by atoms with E-state index in [-0.39, 0.29) is 23.2 Å². The third-order valence-corrected chi connectivity index (χ3v) is 5.28. The van der Waals surface area contributed by atoms with Crippen LogP contribution in [0.5, 0.6) is 0 Å². The predicted octanol–water partition coefficient (Wildman–Crippen LogP) is 3.36. The van der Waals surface area contributed by atoms with Crippen LogP contribution in [0.2, 0.25) is 0 Å². The lowest BCUT2D eigenvalue weighted by molar-refractivity contribution is -0.383. The molecule has 0 bridgehead atoms. The summed E-state index contributed by atoms with van der Waals surface area (Å²) in [6.07, 6.45) is 7.14. The molecule has 0 aliphatic carbocycles. The SMILES string of the molecule is O=C(NNc1ncnc(NCCCn2ccnc2)c1[N+](=O)[O-])C(c1ccccc1)c1ccccc1. The van der Waals surface area contributed by atoms with Crippen LogP contribution in [0.4, 0.5) is 17.3 Å². The van der Waals surface area contributed by atoms with Crippen molar-refractivity contribution in [2.75, 3.05) is 17.3 Å². The fraction of sp³-hybridized carbons (Fsp3) is 0.167. The Labute approximate surface area is 201 Å². The van der Waals surface area contributed by atoms with Gasteiger partial charge in [0.25, 0.3) is 0 Å². The van der Waals surface area contributed by atoms with Gasteiger partial charge in [-0.2, -0.15) is 0 Å². The van der Waals surface area contributed by atoms with Crippen molar-refractivity contribution in [3.8, 4) is 0 Å². The lowest BCUT2D eigenvalue weighted by Gasteiger charge is -2.18. The van der Waals surface area contributed by atoms with Crippen LogP contribution in [0.25, 0.3) is 0 Å². The zero-order valence-corrected chi connectivity index (χ0v) is 18.7. The molecule has 3 N–H and O–H groups in total. The molecule has 0 unspecified atom stereocenters. The number of hydrogen-bond acceptors (Lipinski definition) is 8. The van der Waals surface area contributed by atoms with E-state index in [9.17, 15) is 14.9 Å². The molecular formula is C24H24N8O3. The van der Waals surface area contributed by atoms with E-state index >= 15 is 0 Å². The van der Waals surface area contributed by atoms with Gasteiger partial charge < -0.3 is 9.88 Å². The van der Waals surface area contributed by atoms with Gasteiger partial charge >= 0.3 is 5.69 Å². The van der Waals surface area contributed by atoms with Crippen molar-refractivity contribution in [3.05, 3.63) is 107 Å². The van der Waals surface area contributed by atoms with Gasteiger partial charge in [-0.3, -0.25) is 25.8 Å². The Hall–Kier alpha value is -4.80. The molecule has 4 rings (SSSR count). The van der Waals surface area contributed by atoms with Crippen LogP contribution in [-0.2, 0) is 11.3 Å². The Morgan fingerprint density at radius 2 is 1.66 bits per heavy atom. The van der Waals surface area contributed by atoms with Crippen molar-refractivity contribution >= 4 is 23.2 Å². The Bertz CT molecular complexity index is 1210. The number of benzene rings is 2. The van der Waals surface area contributed by atoms with Crippen molar-refractivity contribution in [2.45, 2.75) is 18.9 Å². The van der Waals surface area contributed by atoms with Crippen LogP contribution in [0.15, 0.2) is 85.7 Å². The molecule has 2 aromatic heterocycles. The van der Waals surface area contributed by atoms with E-state index in [2.05, 4.69) is 31.1 Å². The molecule has 0 radical (unpaired) electrons. The van der Waals surface area contributed by atoms with Gasteiger partial charge in [0.15, 0.2) is 0 Å². The second-order valence-electron chi connectivity index (χ2n) is 7.63. The van der Waals surface area contributed by atoms with Gasteiger partial charge in [-0.05, 0) is 17.5 Å². The van der Waals surface area contributed by atoms with Crippen molar-refractivity contribution in [1.82, 2.24) is 24.9 Å². The number of nitrogens with zero attached hydrogens (tertiary/aromatic N) is 5. The lowest BCUT2D eigenvalue weighted by atomic mass is 9.91. The van der Waals surface area contributed by atoms with E-state index in [0.717, 1.165) is 11.1 Å². The fourth-order valence-electron chi connectivity index (χ4n) is 3.64. The van der Waals surface area contributed by atoms with Crippen LogP contribution in [0, 0.1) is 10.1 Å². The highest BCUT2D eigenvalue weighted by Gasteiger charge is 2.26. The van der Waals surface area contributed by atoms with E-state index in [1.807, 2.05) is 71.4 Å². The summed E-state index contributed by atoms with van der Waals surface area (Å²) >= 11 is 0. The highest BCUT2D eigenvalue weighted by molar-refractivity contribution is 5.88. The second kappa shape index (κ2) is 11.4. The highest BCUT2D eigenvalue weighted by Crippen LogP contribution is 2.29. The maximum absolute atomic E-state index is 13.2. The molecular weight excluding hydrogens is 448 g/mol. The maximum Gasteiger partial charge on any atom is 0.354 e. The molecule has 178 valence electrons. The van der Waals surface area contributed by atoms with Gasteiger partial charge in [-0.25, -0.2) is 15.0 Å². The van der Waals surface area contributed by atoms with E-state index in [1.165, 1.54) is 6.33 Å². The summed E-state index contributed by atoms with van der Waals surface area (Å²) in [6, 6.07) is 18.6. The number of nitrogens with one attached hydrogen (secondary N) is 3. The summed E-state index contributed by atoms with van der Waals surface area (Å²) in [7, 11) is 0. The first-order valence-corrected chi connectivity index (χ1v) is 11.0. The summed E-state index contributed by atoms with van der Waals surface area (Å²) in [5.41, 5.74) is 6.43. The summed E-state index contributed by atoms with van der Waals surface area (Å²) in [4.78, 5) is 36.4. The van der Waals surface area contributed by atoms with Gasteiger partial charge in [-0.1, -0.05) is 60.7 Å². The zero-order valence-electron chi connectivity index (χ0n) is 18.7. The molecule has 0 atom stereocenters. The predicted molar refractivity (Wildman–Crippen MR) is 131 cm³/mol. The van der Waals surface area contributed by atoms with E-state index < -0.39 is 10.8 Å². The molecule has 35 heavy (non-hydrogen) atoms. The number of imidazole rings is 1. The number of aryl methyl sites for hydroxylation is 1. The van der Waals surface area contributed by atoms with Gasteiger partial charge in [0.1, 0.15) is 6.33 Å². The van der Waals surface area contributed by atoms with E-state index in [0.29, 0.717) is 19.5 Å². The number of hydrazine groups is 1. The van der Waals surface area contributed by atoms with Crippen molar-refractivity contribution < 1.29 is 9.72 Å². The molecule has 0 aliphatic heterocycles. The number of aromatic nitrogens is 4. The van der Waals surface area contributed by atoms with Crippen molar-refractivity contribution in [1.29, 1.82) is 0 Å². The molecule has 1 amide bonds. The number of rotatable bonds is 11. The monoisotopic (exact) mass is 472 g/mol. The minimum Gasteiger partial charge on any atom is -0.364 e. The molecule has 4 aromatic rings. The summed E-state index contributed by atoms with van der Waals surface area (Å²) in [5, 5.41) is 14.8. The van der Waals surface area contributed by atoms with Crippen molar-refractivity contribution in [2.24, 2.45) is 0 Å². The standard InChI is InChI=1S/C24H24N8O3/c33-24(20(18-8-3-1-4-9-18)19-10-5-2-6-11-19)30-29-23-21(32(34)35)22(27-16-28-23)26-12-7-14-31-15-13-25-17-31/h1-6,8-11,13,15-17,20H,7,12,14H2,(H,30,33)(H2,26,27,28,29). The van der Waals surface area contributed by atoms with Gasteiger partial charge in [0, 0.05) is 25.5 Å². The molecule has 0 aliphatic rings. The average Bonchev–Trinajstić information content (AvgIpc) is 3.40. The summed E-state index contributed by atoms with van der Waals surface area (Å²) in [6.45, 7) is 1.15. The van der Waals surface area contributed by atoms with Crippen LogP contribution in [0.3, 0.4) is 0 Å². The zero-order chi connectivity index (χ0) is 24.5. The molecule has 11 heteroatoms. The average molecular weight is 473 g/mol. The van der Waals surface area contributed by atoms with Crippen LogP contribution >= 0.6 is 0 Å². The van der Waals surface area contributed by atoms with E-state index in [1.54, 1.807) is 12.5 Å². The number of nitro groups is 1. The topological polar surface area (TPSA) is 140 Å². The first-order chi connectivity index (χ1) is 17.1. The molecule has 11 nitrogen and oxygen atoms in total. The smallest absolute Gasteiger partial charge is 0.354 e. The Balaban J connectivity index is 1.47. The molecule has 0 saturated heterocycles. The second-order valence-corrected chi connectivity index (χ2v) is 7.63. The van der Waals surface area contributed by atoms with Gasteiger partial charge in [0.2, 0.25) is 17.5 Å². The van der Waals surface area contributed by atoms with Crippen molar-refractivity contribution in [3.63, 3.8) is 0 Å². The lowest BCUT2D eigenvalue weighted by Crippen LogP contribution is -2.35. The third-order valence-electron chi connectivity index (χ3n) is 5.28. The normalized spacial score (nSPS) is 10.7. The largest absolute Gasteiger partial charge is 0.364 e. The molecule has 0 saturated carbocycles. The van der Waals surface area contributed by atoms with Crippen LogP contribution in [0.1, 0.15) is 23.5 Å². The fourth-order valence-corrected chi connectivity index (χ4v) is 3.64. The number of carbonyl (C=O) groups excluding carboxylic acids is 1. The Morgan fingerprint density at radius 1 is 1.00 bits per heavy atom. The summed E-state index contributed by atoms with van der Waals surface area (Å²) < 4.78 is 1.91.